The van der Waals surface area contributed by atoms with E-state index in [-0.39, 0.29) is 0 Å². The average molecular weight is 282 g/mol. The Morgan fingerprint density at radius 2 is 2.00 bits per heavy atom. The molecule has 0 atom stereocenters. The van der Waals surface area contributed by atoms with Crippen molar-refractivity contribution in [2.24, 2.45) is 0 Å². The van der Waals surface area contributed by atoms with Crippen molar-refractivity contribution in [1.82, 2.24) is 15.3 Å². The zero-order valence-corrected chi connectivity index (χ0v) is 12.9. The van der Waals surface area contributed by atoms with Gasteiger partial charge in [0.2, 0.25) is 0 Å². The lowest BCUT2D eigenvalue weighted by Crippen LogP contribution is -2.17. The topological polar surface area (TPSA) is 41.1 Å². The number of aromatic nitrogens is 2. The van der Waals surface area contributed by atoms with Crippen molar-refractivity contribution in [2.45, 2.75) is 39.3 Å². The summed E-state index contributed by atoms with van der Waals surface area (Å²) in [6.45, 7) is 5.05. The van der Waals surface area contributed by atoms with Gasteiger partial charge >= 0.3 is 0 Å². The van der Waals surface area contributed by atoms with Crippen LogP contribution in [-0.4, -0.2) is 23.1 Å². The zero-order chi connectivity index (χ0) is 14.8. The molecule has 0 amide bonds. The van der Waals surface area contributed by atoms with Gasteiger partial charge in [0.1, 0.15) is 0 Å². The Hall–Kier alpha value is -1.94. The molecule has 0 bridgehead atoms. The van der Waals surface area contributed by atoms with Crippen LogP contribution in [-0.2, 0) is 6.54 Å². The number of nitrogens with one attached hydrogen (secondary N) is 1. The van der Waals surface area contributed by atoms with Crippen LogP contribution in [0.15, 0.2) is 30.6 Å². The second kappa shape index (κ2) is 5.82. The third-order valence-corrected chi connectivity index (χ3v) is 3.90. The summed E-state index contributed by atoms with van der Waals surface area (Å²) in [6, 6.07) is 7.15. The molecule has 21 heavy (non-hydrogen) atoms. The molecular weight excluding hydrogens is 260 g/mol. The lowest BCUT2D eigenvalue weighted by molar-refractivity contribution is 0.671. The highest BCUT2D eigenvalue weighted by molar-refractivity contribution is 5.62. The Morgan fingerprint density at radius 3 is 2.62 bits per heavy atom. The maximum Gasteiger partial charge on any atom is 0.151 e. The van der Waals surface area contributed by atoms with Gasteiger partial charge in [0.15, 0.2) is 5.82 Å². The Kier molecular flexibility index (Phi) is 3.88. The molecule has 1 aliphatic rings. The van der Waals surface area contributed by atoms with E-state index in [1.54, 1.807) is 0 Å². The Bertz CT molecular complexity index is 617. The molecule has 0 unspecified atom stereocenters. The van der Waals surface area contributed by atoms with Crippen molar-refractivity contribution in [1.29, 1.82) is 0 Å². The molecule has 4 heteroatoms. The molecule has 1 aliphatic carbocycles. The number of hydrogen-bond donors (Lipinski definition) is 1. The summed E-state index contributed by atoms with van der Waals surface area (Å²) in [5.74, 6) is 0.872. The van der Waals surface area contributed by atoms with E-state index in [2.05, 4.69) is 52.2 Å². The number of aryl methyl sites for hydroxylation is 2. The standard InChI is InChI=1S/C17H22N4/c1-12-4-7-16(13(2)8-12)21(3)17-11-19-15(10-20-17)9-18-14-5-6-14/h4,7-8,10-11,14,18H,5-6,9H2,1-3H3. The Labute approximate surface area is 126 Å². The molecule has 0 spiro atoms. The summed E-state index contributed by atoms with van der Waals surface area (Å²) in [6.07, 6.45) is 6.30. The molecule has 0 radical (unpaired) electrons. The molecule has 110 valence electrons. The van der Waals surface area contributed by atoms with E-state index in [0.717, 1.165) is 18.1 Å². The van der Waals surface area contributed by atoms with Crippen molar-refractivity contribution in [2.75, 3.05) is 11.9 Å². The van der Waals surface area contributed by atoms with Crippen LogP contribution in [0.1, 0.15) is 29.7 Å². The number of rotatable bonds is 5. The van der Waals surface area contributed by atoms with E-state index in [1.165, 1.54) is 29.7 Å². The van der Waals surface area contributed by atoms with Crippen LogP contribution in [0, 0.1) is 13.8 Å². The third-order valence-electron chi connectivity index (χ3n) is 3.90. The minimum atomic E-state index is 0.698. The van der Waals surface area contributed by atoms with E-state index in [1.807, 2.05) is 19.4 Å². The van der Waals surface area contributed by atoms with Crippen LogP contribution < -0.4 is 10.2 Å². The van der Waals surface area contributed by atoms with Gasteiger partial charge < -0.3 is 10.2 Å². The molecule has 1 N–H and O–H groups in total. The van der Waals surface area contributed by atoms with Crippen molar-refractivity contribution >= 4 is 11.5 Å². The molecule has 1 aromatic carbocycles. The first-order chi connectivity index (χ1) is 10.1. The fourth-order valence-electron chi connectivity index (χ4n) is 2.45. The second-order valence-electron chi connectivity index (χ2n) is 5.87. The van der Waals surface area contributed by atoms with E-state index in [4.69, 9.17) is 0 Å². The lowest BCUT2D eigenvalue weighted by Gasteiger charge is -2.20. The number of benzene rings is 1. The number of nitrogens with zero attached hydrogens (tertiary/aromatic N) is 3. The van der Waals surface area contributed by atoms with Gasteiger partial charge in [-0.25, -0.2) is 4.98 Å². The molecule has 1 heterocycles. The highest BCUT2D eigenvalue weighted by atomic mass is 15.2. The fourth-order valence-corrected chi connectivity index (χ4v) is 2.45. The van der Waals surface area contributed by atoms with E-state index >= 15 is 0 Å². The number of anilines is 2. The van der Waals surface area contributed by atoms with Gasteiger partial charge in [0.05, 0.1) is 18.1 Å². The number of hydrogen-bond acceptors (Lipinski definition) is 4. The summed E-state index contributed by atoms with van der Waals surface area (Å²) < 4.78 is 0. The van der Waals surface area contributed by atoms with E-state index in [9.17, 15) is 0 Å². The van der Waals surface area contributed by atoms with Gasteiger partial charge in [-0.05, 0) is 38.3 Å². The molecule has 3 rings (SSSR count). The van der Waals surface area contributed by atoms with Crippen LogP contribution in [0.2, 0.25) is 0 Å². The first-order valence-corrected chi connectivity index (χ1v) is 7.49. The first-order valence-electron chi connectivity index (χ1n) is 7.49. The van der Waals surface area contributed by atoms with Gasteiger partial charge in [-0.15, -0.1) is 0 Å². The Morgan fingerprint density at radius 1 is 1.19 bits per heavy atom. The largest absolute Gasteiger partial charge is 0.328 e. The quantitative estimate of drug-likeness (QED) is 0.915. The van der Waals surface area contributed by atoms with Gasteiger partial charge in [0.25, 0.3) is 0 Å². The SMILES string of the molecule is Cc1ccc(N(C)c2cnc(CNC3CC3)cn2)c(C)c1. The van der Waals surface area contributed by atoms with Crippen LogP contribution in [0.25, 0.3) is 0 Å². The molecule has 0 aliphatic heterocycles. The van der Waals surface area contributed by atoms with E-state index < -0.39 is 0 Å². The summed E-state index contributed by atoms with van der Waals surface area (Å²) in [4.78, 5) is 11.1. The summed E-state index contributed by atoms with van der Waals surface area (Å²) in [7, 11) is 2.03. The monoisotopic (exact) mass is 282 g/mol. The molecule has 1 fully saturated rings. The maximum absolute atomic E-state index is 4.54. The Balaban J connectivity index is 1.72. The average Bonchev–Trinajstić information content (AvgIpc) is 3.29. The van der Waals surface area contributed by atoms with Gasteiger partial charge in [0, 0.05) is 25.3 Å². The summed E-state index contributed by atoms with van der Waals surface area (Å²) in [5, 5.41) is 3.45. The lowest BCUT2D eigenvalue weighted by atomic mass is 10.1. The van der Waals surface area contributed by atoms with Crippen molar-refractivity contribution in [3.63, 3.8) is 0 Å². The molecule has 4 nitrogen and oxygen atoms in total. The van der Waals surface area contributed by atoms with Gasteiger partial charge in [-0.3, -0.25) is 4.98 Å². The van der Waals surface area contributed by atoms with Crippen molar-refractivity contribution < 1.29 is 0 Å². The van der Waals surface area contributed by atoms with Crippen molar-refractivity contribution in [3.05, 3.63) is 47.4 Å². The minimum Gasteiger partial charge on any atom is -0.328 e. The fraction of sp³-hybridized carbons (Fsp3) is 0.412. The predicted octanol–water partition coefficient (Wildman–Crippen LogP) is 3.11. The molecular formula is C17H22N4. The van der Waals surface area contributed by atoms with Crippen LogP contribution in [0.4, 0.5) is 11.5 Å². The highest BCUT2D eigenvalue weighted by Gasteiger charge is 2.20. The van der Waals surface area contributed by atoms with Gasteiger partial charge in [-0.2, -0.15) is 0 Å². The maximum atomic E-state index is 4.54. The van der Waals surface area contributed by atoms with Crippen LogP contribution in [0.5, 0.6) is 0 Å². The third kappa shape index (κ3) is 3.39. The molecule has 2 aromatic rings. The molecule has 0 saturated heterocycles. The van der Waals surface area contributed by atoms with Crippen LogP contribution in [0.3, 0.4) is 0 Å². The minimum absolute atomic E-state index is 0.698. The van der Waals surface area contributed by atoms with Crippen LogP contribution >= 0.6 is 0 Å². The first kappa shape index (κ1) is 14.0. The highest BCUT2D eigenvalue weighted by Crippen LogP contribution is 2.25. The van der Waals surface area contributed by atoms with Crippen molar-refractivity contribution in [3.8, 4) is 0 Å². The predicted molar refractivity (Wildman–Crippen MR) is 85.9 cm³/mol. The van der Waals surface area contributed by atoms with E-state index in [0.29, 0.717) is 6.04 Å². The van der Waals surface area contributed by atoms with Gasteiger partial charge in [-0.1, -0.05) is 17.7 Å². The molecule has 1 aromatic heterocycles. The summed E-state index contributed by atoms with van der Waals surface area (Å²) >= 11 is 0. The molecule has 1 saturated carbocycles. The second-order valence-corrected chi connectivity index (χ2v) is 5.87. The smallest absolute Gasteiger partial charge is 0.151 e. The summed E-state index contributed by atoms with van der Waals surface area (Å²) in [5.41, 5.74) is 4.69. The normalized spacial score (nSPS) is 14.2. The zero-order valence-electron chi connectivity index (χ0n) is 12.9.